The van der Waals surface area contributed by atoms with Crippen molar-refractivity contribution in [2.24, 2.45) is 22.7 Å². The molecule has 7 rings (SSSR count). The summed E-state index contributed by atoms with van der Waals surface area (Å²) in [7, 11) is 1.78. The van der Waals surface area contributed by atoms with Gasteiger partial charge in [0, 0.05) is 66.4 Å². The Bertz CT molecular complexity index is 2230. The van der Waals surface area contributed by atoms with Gasteiger partial charge in [-0.1, -0.05) is 70.7 Å². The molecule has 15 heteroatoms. The minimum atomic E-state index is -0.441. The van der Waals surface area contributed by atoms with Gasteiger partial charge in [0.25, 0.3) is 5.91 Å². The molecule has 3 aromatic rings. The van der Waals surface area contributed by atoms with Gasteiger partial charge in [0.15, 0.2) is 0 Å². The summed E-state index contributed by atoms with van der Waals surface area (Å²) in [4.78, 5) is 45.2. The first-order valence-corrected chi connectivity index (χ1v) is 26.0. The van der Waals surface area contributed by atoms with Crippen LogP contribution in [0.15, 0.2) is 66.7 Å². The highest BCUT2D eigenvalue weighted by Gasteiger charge is 2.64. The van der Waals surface area contributed by atoms with Gasteiger partial charge < -0.3 is 50.0 Å². The summed E-state index contributed by atoms with van der Waals surface area (Å²) >= 11 is 6.24. The predicted molar refractivity (Wildman–Crippen MR) is 273 cm³/mol. The number of carbonyl (C=O) groups excluding carboxylic acids is 3. The fraction of sp³-hybridized carbons (Fsp3) is 0.600. The van der Waals surface area contributed by atoms with E-state index < -0.39 is 6.04 Å². The zero-order valence-electron chi connectivity index (χ0n) is 42.2. The molecule has 14 nitrogen and oxygen atoms in total. The van der Waals surface area contributed by atoms with Crippen molar-refractivity contribution in [3.63, 3.8) is 0 Å². The molecule has 0 bridgehead atoms. The molecule has 2 unspecified atom stereocenters. The molecule has 2 saturated heterocycles. The normalized spacial score (nSPS) is 22.7. The number of amides is 3. The van der Waals surface area contributed by atoms with E-state index in [2.05, 4.69) is 77.0 Å². The van der Waals surface area contributed by atoms with Crippen molar-refractivity contribution in [2.75, 3.05) is 78.1 Å². The summed E-state index contributed by atoms with van der Waals surface area (Å²) in [5.41, 5.74) is 2.42. The molecule has 4 N–H and O–H groups in total. The number of nitriles is 1. The van der Waals surface area contributed by atoms with Crippen molar-refractivity contribution in [1.29, 1.82) is 5.26 Å². The molecular formula is C55H76ClN7O7. The summed E-state index contributed by atoms with van der Waals surface area (Å²) in [5.74, 6) is 2.03. The van der Waals surface area contributed by atoms with E-state index in [0.717, 1.165) is 82.6 Å². The van der Waals surface area contributed by atoms with Gasteiger partial charge in [0.2, 0.25) is 11.8 Å². The number of benzene rings is 3. The van der Waals surface area contributed by atoms with Crippen molar-refractivity contribution in [1.82, 2.24) is 25.8 Å². The molecule has 2 saturated carbocycles. The molecule has 0 spiro atoms. The van der Waals surface area contributed by atoms with Gasteiger partial charge in [-0.3, -0.25) is 14.4 Å². The average Bonchev–Trinajstić information content (AvgIpc) is 3.80. The van der Waals surface area contributed by atoms with E-state index in [0.29, 0.717) is 67.4 Å². The number of nitrogens with one attached hydrogen (secondary N) is 4. The van der Waals surface area contributed by atoms with Crippen LogP contribution in [-0.4, -0.2) is 131 Å². The molecule has 4 fully saturated rings. The summed E-state index contributed by atoms with van der Waals surface area (Å²) in [6, 6.07) is 22.2. The van der Waals surface area contributed by atoms with Crippen molar-refractivity contribution in [3.05, 3.63) is 88.4 Å². The Hall–Kier alpha value is -4.91. The molecule has 70 heavy (non-hydrogen) atoms. The first-order valence-electron chi connectivity index (χ1n) is 25.6. The van der Waals surface area contributed by atoms with Gasteiger partial charge in [0.05, 0.1) is 43.1 Å². The third kappa shape index (κ3) is 13.1. The van der Waals surface area contributed by atoms with E-state index in [9.17, 15) is 19.6 Å². The Morgan fingerprint density at radius 1 is 0.843 bits per heavy atom. The van der Waals surface area contributed by atoms with Gasteiger partial charge in [-0.25, -0.2) is 0 Å². The Kier molecular flexibility index (Phi) is 18.5. The molecule has 2 aliphatic carbocycles. The summed E-state index contributed by atoms with van der Waals surface area (Å²) in [6.07, 6.45) is 8.33. The number of rotatable bonds is 23. The van der Waals surface area contributed by atoms with Gasteiger partial charge >= 0.3 is 0 Å². The lowest BCUT2D eigenvalue weighted by Crippen LogP contribution is -2.74. The third-order valence-corrected chi connectivity index (χ3v) is 15.7. The van der Waals surface area contributed by atoms with Crippen molar-refractivity contribution in [2.45, 2.75) is 116 Å². The van der Waals surface area contributed by atoms with E-state index in [1.54, 1.807) is 25.2 Å². The number of anilines is 1. The van der Waals surface area contributed by atoms with Crippen molar-refractivity contribution < 1.29 is 33.3 Å². The number of piperidine rings is 1. The number of likely N-dealkylation sites (tertiary alicyclic amines) is 2. The minimum Gasteiger partial charge on any atom is -0.491 e. The van der Waals surface area contributed by atoms with Crippen LogP contribution in [0.4, 0.5) is 5.69 Å². The second kappa shape index (κ2) is 24.5. The highest BCUT2D eigenvalue weighted by atomic mass is 35.5. The van der Waals surface area contributed by atoms with E-state index >= 15 is 0 Å². The van der Waals surface area contributed by atoms with Crippen molar-refractivity contribution >= 4 is 35.0 Å². The molecule has 3 amide bonds. The van der Waals surface area contributed by atoms with Crippen LogP contribution in [0, 0.1) is 34.0 Å². The number of carbonyl (C=O) groups is 3. The first-order chi connectivity index (χ1) is 33.7. The van der Waals surface area contributed by atoms with Gasteiger partial charge in [0.1, 0.15) is 36.3 Å². The lowest BCUT2D eigenvalue weighted by molar-refractivity contribution is -0.164. The molecular weight excluding hydrogens is 906 g/mol. The van der Waals surface area contributed by atoms with Crippen LogP contribution >= 0.6 is 11.6 Å². The fourth-order valence-electron chi connectivity index (χ4n) is 11.5. The smallest absolute Gasteiger partial charge is 0.251 e. The van der Waals surface area contributed by atoms with Crippen LogP contribution in [0.2, 0.25) is 5.02 Å². The first kappa shape index (κ1) is 52.9. The number of likely N-dealkylation sites (N-methyl/N-ethyl adjacent to an activating group) is 1. The zero-order valence-corrected chi connectivity index (χ0v) is 43.0. The largest absolute Gasteiger partial charge is 0.491 e. The van der Waals surface area contributed by atoms with Crippen LogP contribution in [0.3, 0.4) is 0 Å². The third-order valence-electron chi connectivity index (χ3n) is 15.4. The van der Waals surface area contributed by atoms with E-state index in [1.807, 2.05) is 43.3 Å². The number of halogens is 1. The fourth-order valence-corrected chi connectivity index (χ4v) is 11.7. The maximum Gasteiger partial charge on any atom is 0.251 e. The zero-order chi connectivity index (χ0) is 49.8. The molecule has 2 heterocycles. The van der Waals surface area contributed by atoms with E-state index in [4.69, 9.17) is 30.5 Å². The number of fused-ring (bicyclic) bond motifs is 1. The summed E-state index contributed by atoms with van der Waals surface area (Å²) in [5, 5.41) is 22.4. The molecule has 0 aromatic heterocycles. The van der Waals surface area contributed by atoms with Crippen LogP contribution in [-0.2, 0) is 25.5 Å². The Labute approximate surface area is 420 Å². The van der Waals surface area contributed by atoms with Gasteiger partial charge in [-0.05, 0) is 119 Å². The molecule has 2 aliphatic heterocycles. The number of ether oxygens (including phenoxy) is 4. The van der Waals surface area contributed by atoms with Crippen LogP contribution < -0.4 is 30.7 Å². The minimum absolute atomic E-state index is 0.0953. The second-order valence-electron chi connectivity index (χ2n) is 20.9. The SMILES string of the molecule is CN[C@@H](C)C(=O)N[C@H](C(=O)N1CCC2CCN(CCc3ccc(OCCOCCOCCNc4ccc(C(=O)N[C@H]5C(C)(C)[C@H](Oc6ccc(C#N)c(Cl)c6)C5(C)C)cc4)cc3)CC21)C1CCCCC1. The maximum absolute atomic E-state index is 14.2. The van der Waals surface area contributed by atoms with Crippen LogP contribution in [0.25, 0.3) is 0 Å². The van der Waals surface area contributed by atoms with E-state index in [-0.39, 0.29) is 58.7 Å². The Balaban J connectivity index is 0.735. The highest BCUT2D eigenvalue weighted by molar-refractivity contribution is 6.31. The topological polar surface area (TPSA) is 167 Å². The summed E-state index contributed by atoms with van der Waals surface area (Å²) in [6.45, 7) is 16.8. The molecule has 3 aromatic carbocycles. The van der Waals surface area contributed by atoms with E-state index in [1.165, 1.54) is 12.0 Å². The lowest BCUT2D eigenvalue weighted by Gasteiger charge is -2.63. The monoisotopic (exact) mass is 982 g/mol. The van der Waals surface area contributed by atoms with Crippen molar-refractivity contribution in [3.8, 4) is 17.6 Å². The number of hydrogen-bond acceptors (Lipinski definition) is 11. The number of nitrogens with zero attached hydrogens (tertiary/aromatic N) is 3. The maximum atomic E-state index is 14.2. The number of hydrogen-bond donors (Lipinski definition) is 4. The molecule has 4 atom stereocenters. The Morgan fingerprint density at radius 3 is 2.20 bits per heavy atom. The predicted octanol–water partition coefficient (Wildman–Crippen LogP) is 7.49. The molecule has 380 valence electrons. The lowest BCUT2D eigenvalue weighted by atomic mass is 9.49. The standard InChI is InChI=1S/C55H76ClN7O7/c1-37(58-6)49(64)60-48(40-10-8-7-9-11-40)51(66)63-28-24-39-23-27-62(36-47(39)63)26-22-38-12-19-44(20-13-38)69-33-32-68-31-30-67-29-25-59-43-17-14-41(15-18-43)50(65)61-52-54(2,3)53(55(52,4)5)70-45-21-16-42(35-57)46(56)34-45/h12-21,34,37,39-40,47-48,52-53,58-59H,7-11,22-33,36H2,1-6H3,(H,60,64)(H,61,65)/t37-,39?,47?,48-,52-,53-/m0/s1. The summed E-state index contributed by atoms with van der Waals surface area (Å²) < 4.78 is 23.8. The molecule has 0 radical (unpaired) electrons. The quantitative estimate of drug-likeness (QED) is 0.0696. The average molecular weight is 983 g/mol. The Morgan fingerprint density at radius 2 is 1.51 bits per heavy atom. The molecule has 4 aliphatic rings. The van der Waals surface area contributed by atoms with Crippen LogP contribution in [0.5, 0.6) is 11.5 Å². The highest BCUT2D eigenvalue weighted by Crippen LogP contribution is 2.55. The van der Waals surface area contributed by atoms with Crippen LogP contribution in [0.1, 0.15) is 101 Å². The second-order valence-corrected chi connectivity index (χ2v) is 21.3. The van der Waals surface area contributed by atoms with Gasteiger partial charge in [-0.2, -0.15) is 5.26 Å². The van der Waals surface area contributed by atoms with Gasteiger partial charge in [-0.15, -0.1) is 0 Å².